The molecule has 1 aromatic rings. The molecule has 0 spiro atoms. The van der Waals surface area contributed by atoms with Crippen LogP contribution in [0.3, 0.4) is 0 Å². The molecule has 0 aliphatic rings. The average molecular weight is 260 g/mol. The van der Waals surface area contributed by atoms with Gasteiger partial charge in [-0.1, -0.05) is 26.8 Å². The second-order valence-corrected chi connectivity index (χ2v) is 5.12. The van der Waals surface area contributed by atoms with E-state index in [0.717, 1.165) is 18.7 Å². The lowest BCUT2D eigenvalue weighted by atomic mass is 9.98. The largest absolute Gasteiger partial charge is 0.491 e. The van der Waals surface area contributed by atoms with Gasteiger partial charge >= 0.3 is 0 Å². The summed E-state index contributed by atoms with van der Waals surface area (Å²) in [5, 5.41) is 12.2. The number of aryl methyl sites for hydroxylation is 1. The van der Waals surface area contributed by atoms with E-state index in [9.17, 15) is 0 Å². The first-order valence-corrected chi connectivity index (χ1v) is 6.94. The fourth-order valence-electron chi connectivity index (χ4n) is 2.03. The minimum absolute atomic E-state index is 0.245. The summed E-state index contributed by atoms with van der Waals surface area (Å²) in [6.45, 7) is 9.77. The maximum absolute atomic E-state index is 9.01. The predicted molar refractivity (Wildman–Crippen MR) is 78.5 cm³/mol. The highest BCUT2D eigenvalue weighted by atomic mass is 16.5. The summed E-state index contributed by atoms with van der Waals surface area (Å²) in [6, 6.07) is 8.11. The number of hydrogen-bond donors (Lipinski definition) is 1. The minimum Gasteiger partial charge on any atom is -0.491 e. The second kappa shape index (κ2) is 7.81. The van der Waals surface area contributed by atoms with Crippen LogP contribution in [0.25, 0.3) is 0 Å². The number of rotatable bonds is 7. The van der Waals surface area contributed by atoms with Crippen molar-refractivity contribution in [1.82, 2.24) is 5.32 Å². The molecule has 0 aliphatic heterocycles. The van der Waals surface area contributed by atoms with Gasteiger partial charge in [-0.3, -0.25) is 5.32 Å². The summed E-state index contributed by atoms with van der Waals surface area (Å²) in [7, 11) is 0. The number of hydrogen-bond acceptors (Lipinski definition) is 3. The van der Waals surface area contributed by atoms with Crippen LogP contribution in [0.5, 0.6) is 5.75 Å². The van der Waals surface area contributed by atoms with Gasteiger partial charge in [-0.15, -0.1) is 0 Å². The van der Waals surface area contributed by atoms with E-state index in [2.05, 4.69) is 45.1 Å². The quantitative estimate of drug-likeness (QED) is 0.817. The van der Waals surface area contributed by atoms with Crippen LogP contribution in [0, 0.1) is 18.3 Å². The van der Waals surface area contributed by atoms with Crippen LogP contribution in [-0.4, -0.2) is 19.2 Å². The van der Waals surface area contributed by atoms with Crippen molar-refractivity contribution in [3.8, 4) is 11.8 Å². The van der Waals surface area contributed by atoms with Gasteiger partial charge in [0.1, 0.15) is 18.4 Å². The highest BCUT2D eigenvalue weighted by Crippen LogP contribution is 2.23. The number of ether oxygens (including phenoxy) is 1. The molecular formula is C16H24N2O. The van der Waals surface area contributed by atoms with Crippen molar-refractivity contribution >= 4 is 0 Å². The smallest absolute Gasteiger partial charge is 0.130 e. The van der Waals surface area contributed by atoms with Crippen molar-refractivity contribution in [2.45, 2.75) is 46.1 Å². The monoisotopic (exact) mass is 260 g/mol. The molecule has 0 amide bonds. The van der Waals surface area contributed by atoms with Crippen molar-refractivity contribution in [1.29, 1.82) is 5.26 Å². The Bertz CT molecular complexity index is 435. The van der Waals surface area contributed by atoms with Crippen molar-refractivity contribution in [3.05, 3.63) is 29.3 Å². The molecule has 0 heterocycles. The molecule has 0 radical (unpaired) electrons. The summed E-state index contributed by atoms with van der Waals surface area (Å²) in [5.74, 6) is 1.35. The van der Waals surface area contributed by atoms with E-state index in [0.29, 0.717) is 12.5 Å². The highest BCUT2D eigenvalue weighted by Gasteiger charge is 2.08. The van der Waals surface area contributed by atoms with Gasteiger partial charge in [-0.2, -0.15) is 5.26 Å². The molecule has 0 bridgehead atoms. The third-order valence-corrected chi connectivity index (χ3v) is 3.08. The third-order valence-electron chi connectivity index (χ3n) is 3.08. The molecule has 1 atom stereocenters. The Morgan fingerprint density at radius 3 is 2.63 bits per heavy atom. The normalized spacial score (nSPS) is 12.2. The summed E-state index contributed by atoms with van der Waals surface area (Å²) in [6.07, 6.45) is 1.01. The molecule has 0 aromatic heterocycles. The summed E-state index contributed by atoms with van der Waals surface area (Å²) < 4.78 is 5.69. The molecule has 0 aliphatic carbocycles. The fraction of sp³-hybridized carbons (Fsp3) is 0.562. The first-order chi connectivity index (χ1) is 9.08. The molecule has 1 N–H and O–H groups in total. The fourth-order valence-corrected chi connectivity index (χ4v) is 2.03. The maximum atomic E-state index is 9.01. The van der Waals surface area contributed by atoms with E-state index in [4.69, 9.17) is 10.00 Å². The molecule has 0 fully saturated rings. The van der Waals surface area contributed by atoms with Crippen LogP contribution in [0.1, 0.15) is 44.2 Å². The lowest BCUT2D eigenvalue weighted by molar-refractivity contribution is 0.289. The molecular weight excluding hydrogens is 236 g/mol. The van der Waals surface area contributed by atoms with Gasteiger partial charge in [-0.25, -0.2) is 0 Å². The van der Waals surface area contributed by atoms with Crippen LogP contribution in [-0.2, 0) is 0 Å². The van der Waals surface area contributed by atoms with Crippen LogP contribution in [0.4, 0.5) is 0 Å². The molecule has 0 saturated carbocycles. The van der Waals surface area contributed by atoms with Crippen molar-refractivity contribution in [2.75, 3.05) is 13.2 Å². The van der Waals surface area contributed by atoms with E-state index >= 15 is 0 Å². The molecule has 3 nitrogen and oxygen atoms in total. The lowest BCUT2D eigenvalue weighted by Gasteiger charge is -2.15. The minimum atomic E-state index is -0.245. The van der Waals surface area contributed by atoms with Crippen LogP contribution in [0.15, 0.2) is 18.2 Å². The van der Waals surface area contributed by atoms with E-state index in [1.165, 1.54) is 11.1 Å². The zero-order chi connectivity index (χ0) is 14.3. The Morgan fingerprint density at radius 1 is 1.37 bits per heavy atom. The zero-order valence-corrected chi connectivity index (χ0v) is 12.4. The maximum Gasteiger partial charge on any atom is 0.130 e. The third kappa shape index (κ3) is 4.92. The van der Waals surface area contributed by atoms with E-state index < -0.39 is 0 Å². The van der Waals surface area contributed by atoms with Crippen LogP contribution in [0.2, 0.25) is 0 Å². The average Bonchev–Trinajstić information content (AvgIpc) is 2.38. The Balaban J connectivity index is 2.58. The summed E-state index contributed by atoms with van der Waals surface area (Å²) in [5.41, 5.74) is 2.58. The van der Waals surface area contributed by atoms with Gasteiger partial charge < -0.3 is 4.74 Å². The SMILES string of the molecule is CCCNC(C#N)COc1ccc(C(C)C)c(C)c1. The molecule has 104 valence electrons. The van der Waals surface area contributed by atoms with E-state index in [1.54, 1.807) is 0 Å². The van der Waals surface area contributed by atoms with Gasteiger partial charge in [0.25, 0.3) is 0 Å². The topological polar surface area (TPSA) is 45.0 Å². The van der Waals surface area contributed by atoms with Gasteiger partial charge in [-0.05, 0) is 49.1 Å². The molecule has 1 aromatic carbocycles. The summed E-state index contributed by atoms with van der Waals surface area (Å²) in [4.78, 5) is 0. The Hall–Kier alpha value is -1.53. The highest BCUT2D eigenvalue weighted by molar-refractivity contribution is 5.36. The van der Waals surface area contributed by atoms with Gasteiger partial charge in [0.15, 0.2) is 0 Å². The first-order valence-electron chi connectivity index (χ1n) is 6.94. The first kappa shape index (κ1) is 15.5. The lowest BCUT2D eigenvalue weighted by Crippen LogP contribution is -2.33. The molecule has 1 unspecified atom stereocenters. The Kier molecular flexibility index (Phi) is 6.38. The predicted octanol–water partition coefficient (Wildman–Crippen LogP) is 3.39. The number of nitrogens with zero attached hydrogens (tertiary/aromatic N) is 1. The number of nitrogens with one attached hydrogen (secondary N) is 1. The van der Waals surface area contributed by atoms with Gasteiger partial charge in [0.2, 0.25) is 0 Å². The van der Waals surface area contributed by atoms with Gasteiger partial charge in [0.05, 0.1) is 6.07 Å². The second-order valence-electron chi connectivity index (χ2n) is 5.12. The van der Waals surface area contributed by atoms with Crippen molar-refractivity contribution in [2.24, 2.45) is 0 Å². The van der Waals surface area contributed by atoms with Crippen LogP contribution >= 0.6 is 0 Å². The molecule has 3 heteroatoms. The Morgan fingerprint density at radius 2 is 2.11 bits per heavy atom. The van der Waals surface area contributed by atoms with Gasteiger partial charge in [0, 0.05) is 0 Å². The standard InChI is InChI=1S/C16H24N2O/c1-5-8-18-14(10-17)11-19-15-6-7-16(12(2)3)13(4)9-15/h6-7,9,12,14,18H,5,8,11H2,1-4H3. The Labute approximate surface area is 116 Å². The number of benzene rings is 1. The zero-order valence-electron chi connectivity index (χ0n) is 12.4. The molecule has 0 saturated heterocycles. The number of nitriles is 1. The van der Waals surface area contributed by atoms with Crippen LogP contribution < -0.4 is 10.1 Å². The van der Waals surface area contributed by atoms with Crippen molar-refractivity contribution < 1.29 is 4.74 Å². The van der Waals surface area contributed by atoms with E-state index in [1.807, 2.05) is 12.1 Å². The van der Waals surface area contributed by atoms with Crippen molar-refractivity contribution in [3.63, 3.8) is 0 Å². The molecule has 1 rings (SSSR count). The molecule has 19 heavy (non-hydrogen) atoms. The summed E-state index contributed by atoms with van der Waals surface area (Å²) >= 11 is 0. The van der Waals surface area contributed by atoms with E-state index in [-0.39, 0.29) is 6.04 Å².